The Balaban J connectivity index is 1.14. The van der Waals surface area contributed by atoms with Gasteiger partial charge in [-0.2, -0.15) is 0 Å². The quantitative estimate of drug-likeness (QED) is 0.0916. The van der Waals surface area contributed by atoms with Gasteiger partial charge >= 0.3 is 0 Å². The largest absolute Gasteiger partial charge is 0.497 e. The summed E-state index contributed by atoms with van der Waals surface area (Å²) in [6.45, 7) is 0.249. The molecular formula is C47H46O8. The van der Waals surface area contributed by atoms with Crippen molar-refractivity contribution >= 4 is 0 Å². The smallest absolute Gasteiger partial charge is 0.231 e. The summed E-state index contributed by atoms with van der Waals surface area (Å²) in [6, 6.07) is 40.5. The Morgan fingerprint density at radius 1 is 0.345 bits per heavy atom. The average Bonchev–Trinajstić information content (AvgIpc) is 3.69. The third kappa shape index (κ3) is 10.0. The first-order chi connectivity index (χ1) is 26.9. The molecule has 0 fully saturated rings. The second kappa shape index (κ2) is 17.7. The predicted molar refractivity (Wildman–Crippen MR) is 213 cm³/mol. The van der Waals surface area contributed by atoms with Gasteiger partial charge in [-0.25, -0.2) is 0 Å². The molecule has 0 aliphatic carbocycles. The highest BCUT2D eigenvalue weighted by molar-refractivity contribution is 5.48. The second-order valence-electron chi connectivity index (χ2n) is 13.4. The van der Waals surface area contributed by atoms with Crippen molar-refractivity contribution in [3.63, 3.8) is 0 Å². The van der Waals surface area contributed by atoms with Crippen LogP contribution in [0.4, 0.5) is 0 Å². The summed E-state index contributed by atoms with van der Waals surface area (Å²) in [5, 5.41) is 0. The highest BCUT2D eigenvalue weighted by Gasteiger charge is 2.15. The summed E-state index contributed by atoms with van der Waals surface area (Å²) in [5.41, 5.74) is 6.81. The van der Waals surface area contributed by atoms with E-state index in [-0.39, 0.29) is 6.79 Å². The van der Waals surface area contributed by atoms with Gasteiger partial charge in [0.2, 0.25) is 6.79 Å². The van der Waals surface area contributed by atoms with Gasteiger partial charge < -0.3 is 37.9 Å². The standard InChI is InChI=1S/C47H46O8/c1-48-38-9-5-7-32(19-38)11-14-35-21-40(50-3)28-42(23-35)54-44-25-37(16-13-34-17-18-46-47(27-34)53-31-52-46)26-45(30-44)55-43-24-36(22-41(29-43)51-4)15-12-33-8-6-10-39(20-33)49-2/h5-10,17-30H,11-16,31H2,1-4H3. The Labute approximate surface area is 323 Å². The molecule has 6 aromatic rings. The van der Waals surface area contributed by atoms with E-state index in [2.05, 4.69) is 66.7 Å². The van der Waals surface area contributed by atoms with E-state index in [1.54, 1.807) is 28.4 Å². The van der Waals surface area contributed by atoms with Crippen LogP contribution in [0.15, 0.2) is 121 Å². The van der Waals surface area contributed by atoms with Gasteiger partial charge in [0, 0.05) is 18.2 Å². The minimum atomic E-state index is 0.249. The fourth-order valence-electron chi connectivity index (χ4n) is 6.69. The molecule has 1 heterocycles. The molecule has 8 nitrogen and oxygen atoms in total. The number of aryl methyl sites for hydroxylation is 6. The van der Waals surface area contributed by atoms with E-state index < -0.39 is 0 Å². The summed E-state index contributed by atoms with van der Waals surface area (Å²) in [5.74, 6) is 7.39. The lowest BCUT2D eigenvalue weighted by Crippen LogP contribution is -1.98. The summed E-state index contributed by atoms with van der Waals surface area (Å²) >= 11 is 0. The van der Waals surface area contributed by atoms with Gasteiger partial charge in [-0.1, -0.05) is 30.3 Å². The maximum Gasteiger partial charge on any atom is 0.231 e. The van der Waals surface area contributed by atoms with E-state index in [0.717, 1.165) is 95.3 Å². The zero-order valence-corrected chi connectivity index (χ0v) is 31.8. The van der Waals surface area contributed by atoms with Crippen LogP contribution in [0.1, 0.15) is 33.4 Å². The van der Waals surface area contributed by atoms with Crippen molar-refractivity contribution in [3.05, 3.63) is 155 Å². The molecule has 0 aromatic heterocycles. The summed E-state index contributed by atoms with van der Waals surface area (Å²) < 4.78 is 46.6. The van der Waals surface area contributed by atoms with E-state index in [9.17, 15) is 0 Å². The SMILES string of the molecule is COc1cccc(CCc2cc(OC)cc(Oc3cc(CCc4ccc5c(c4)OCO5)cc(Oc4cc(CCc5cccc(OC)c5)cc(OC)c4)c3)c2)c1. The number of methoxy groups -OCH3 is 4. The van der Waals surface area contributed by atoms with Gasteiger partial charge in [-0.3, -0.25) is 0 Å². The zero-order valence-electron chi connectivity index (χ0n) is 31.8. The first-order valence-electron chi connectivity index (χ1n) is 18.4. The van der Waals surface area contributed by atoms with Crippen molar-refractivity contribution in [2.75, 3.05) is 35.2 Å². The first-order valence-corrected chi connectivity index (χ1v) is 18.4. The minimum Gasteiger partial charge on any atom is -0.497 e. The average molecular weight is 739 g/mol. The van der Waals surface area contributed by atoms with Crippen molar-refractivity contribution in [1.82, 2.24) is 0 Å². The van der Waals surface area contributed by atoms with Gasteiger partial charge in [-0.15, -0.1) is 0 Å². The molecule has 0 saturated carbocycles. The van der Waals surface area contributed by atoms with E-state index in [0.29, 0.717) is 23.0 Å². The monoisotopic (exact) mass is 738 g/mol. The Bertz CT molecular complexity index is 2110. The molecular weight excluding hydrogens is 693 g/mol. The van der Waals surface area contributed by atoms with Crippen LogP contribution in [0.3, 0.4) is 0 Å². The number of fused-ring (bicyclic) bond motifs is 1. The lowest BCUT2D eigenvalue weighted by Gasteiger charge is -2.15. The summed E-state index contributed by atoms with van der Waals surface area (Å²) in [6.07, 6.45) is 4.85. The van der Waals surface area contributed by atoms with Crippen LogP contribution in [-0.4, -0.2) is 35.2 Å². The van der Waals surface area contributed by atoms with Crippen LogP contribution < -0.4 is 37.9 Å². The van der Waals surface area contributed by atoms with Crippen LogP contribution in [0.2, 0.25) is 0 Å². The third-order valence-corrected chi connectivity index (χ3v) is 9.57. The van der Waals surface area contributed by atoms with Crippen LogP contribution in [0.5, 0.6) is 57.5 Å². The number of benzene rings is 6. The molecule has 0 bridgehead atoms. The maximum atomic E-state index is 6.61. The van der Waals surface area contributed by atoms with Crippen molar-refractivity contribution in [2.24, 2.45) is 0 Å². The zero-order chi connectivity index (χ0) is 38.0. The molecule has 0 N–H and O–H groups in total. The Morgan fingerprint density at radius 3 is 1.16 bits per heavy atom. The van der Waals surface area contributed by atoms with Crippen LogP contribution in [-0.2, 0) is 38.5 Å². The molecule has 8 heteroatoms. The maximum absolute atomic E-state index is 6.61. The van der Waals surface area contributed by atoms with Gasteiger partial charge in [0.05, 0.1) is 28.4 Å². The van der Waals surface area contributed by atoms with Crippen LogP contribution >= 0.6 is 0 Å². The fourth-order valence-corrected chi connectivity index (χ4v) is 6.69. The number of hydrogen-bond donors (Lipinski definition) is 0. The molecule has 7 rings (SSSR count). The van der Waals surface area contributed by atoms with E-state index in [1.807, 2.05) is 54.6 Å². The second-order valence-corrected chi connectivity index (χ2v) is 13.4. The lowest BCUT2D eigenvalue weighted by molar-refractivity contribution is 0.174. The molecule has 282 valence electrons. The Morgan fingerprint density at radius 2 is 0.709 bits per heavy atom. The number of hydrogen-bond acceptors (Lipinski definition) is 8. The van der Waals surface area contributed by atoms with Gasteiger partial charge in [0.1, 0.15) is 46.0 Å². The highest BCUT2D eigenvalue weighted by Crippen LogP contribution is 2.36. The summed E-state index contributed by atoms with van der Waals surface area (Å²) in [4.78, 5) is 0. The van der Waals surface area contributed by atoms with Crippen molar-refractivity contribution < 1.29 is 37.9 Å². The predicted octanol–water partition coefficient (Wildman–Crippen LogP) is 10.4. The van der Waals surface area contributed by atoms with Gasteiger partial charge in [0.25, 0.3) is 0 Å². The van der Waals surface area contributed by atoms with E-state index in [4.69, 9.17) is 37.9 Å². The van der Waals surface area contributed by atoms with E-state index in [1.165, 1.54) is 11.1 Å². The number of rotatable bonds is 17. The van der Waals surface area contributed by atoms with Crippen molar-refractivity contribution in [3.8, 4) is 57.5 Å². The molecule has 1 aliphatic rings. The minimum absolute atomic E-state index is 0.249. The lowest BCUT2D eigenvalue weighted by atomic mass is 10.0. The van der Waals surface area contributed by atoms with Crippen LogP contribution in [0, 0.1) is 0 Å². The normalized spacial score (nSPS) is 11.6. The molecule has 0 unspecified atom stereocenters. The fraction of sp³-hybridized carbons (Fsp3) is 0.234. The molecule has 55 heavy (non-hydrogen) atoms. The molecule has 1 aliphatic heterocycles. The van der Waals surface area contributed by atoms with Crippen LogP contribution in [0.25, 0.3) is 0 Å². The molecule has 0 atom stereocenters. The third-order valence-electron chi connectivity index (χ3n) is 9.57. The Kier molecular flexibility index (Phi) is 11.9. The topological polar surface area (TPSA) is 73.8 Å². The van der Waals surface area contributed by atoms with E-state index >= 15 is 0 Å². The van der Waals surface area contributed by atoms with Crippen molar-refractivity contribution in [2.45, 2.75) is 38.5 Å². The molecule has 0 radical (unpaired) electrons. The van der Waals surface area contributed by atoms with Gasteiger partial charge in [-0.05, 0) is 145 Å². The molecule has 6 aromatic carbocycles. The molecule has 0 saturated heterocycles. The number of ether oxygens (including phenoxy) is 8. The highest BCUT2D eigenvalue weighted by atomic mass is 16.7. The molecule has 0 spiro atoms. The van der Waals surface area contributed by atoms with Gasteiger partial charge in [0.15, 0.2) is 11.5 Å². The molecule has 0 amide bonds. The summed E-state index contributed by atoms with van der Waals surface area (Å²) in [7, 11) is 6.72. The van der Waals surface area contributed by atoms with Crippen molar-refractivity contribution in [1.29, 1.82) is 0 Å². The Hall–Kier alpha value is -6.28. The first kappa shape index (κ1) is 37.1.